The summed E-state index contributed by atoms with van der Waals surface area (Å²) in [5, 5.41) is 8.54. The van der Waals surface area contributed by atoms with Crippen molar-refractivity contribution in [1.82, 2.24) is 4.90 Å². The van der Waals surface area contributed by atoms with Crippen LogP contribution in [0.3, 0.4) is 0 Å². The minimum atomic E-state index is 0.0798. The zero-order valence-electron chi connectivity index (χ0n) is 5.75. The van der Waals surface area contributed by atoms with Gasteiger partial charge in [-0.2, -0.15) is 11.8 Å². The van der Waals surface area contributed by atoms with Crippen LogP contribution >= 0.6 is 11.8 Å². The Morgan fingerprint density at radius 1 is 1.70 bits per heavy atom. The van der Waals surface area contributed by atoms with Crippen LogP contribution in [0.4, 0.5) is 0 Å². The third-order valence-corrected chi connectivity index (χ3v) is 2.38. The fourth-order valence-electron chi connectivity index (χ4n) is 0.907. The van der Waals surface area contributed by atoms with Crippen LogP contribution in [0.1, 0.15) is 0 Å². The standard InChI is InChI=1S/C6H11NO2S/c8-3-1-7-2-4-10-5-6(7)9/h8H,1-5H2. The van der Waals surface area contributed by atoms with E-state index in [1.54, 1.807) is 16.7 Å². The van der Waals surface area contributed by atoms with Gasteiger partial charge in [-0.15, -0.1) is 0 Å². The first-order chi connectivity index (χ1) is 4.84. The Balaban J connectivity index is 2.32. The fourth-order valence-corrected chi connectivity index (χ4v) is 1.76. The predicted molar refractivity (Wildman–Crippen MR) is 41.0 cm³/mol. The van der Waals surface area contributed by atoms with Gasteiger partial charge in [-0.1, -0.05) is 0 Å². The maximum absolute atomic E-state index is 11.0. The number of amides is 1. The Kier molecular flexibility index (Phi) is 3.02. The molecule has 0 aliphatic carbocycles. The van der Waals surface area contributed by atoms with E-state index in [1.807, 2.05) is 0 Å². The first kappa shape index (κ1) is 7.88. The van der Waals surface area contributed by atoms with Crippen molar-refractivity contribution in [2.75, 3.05) is 31.2 Å². The molecule has 1 heterocycles. The van der Waals surface area contributed by atoms with E-state index in [2.05, 4.69) is 0 Å². The molecule has 0 aromatic heterocycles. The Morgan fingerprint density at radius 3 is 3.10 bits per heavy atom. The maximum Gasteiger partial charge on any atom is 0.232 e. The van der Waals surface area contributed by atoms with Crippen LogP contribution in [0.2, 0.25) is 0 Å². The normalized spacial score (nSPS) is 19.7. The summed E-state index contributed by atoms with van der Waals surface area (Å²) in [5.41, 5.74) is 0. The van der Waals surface area contributed by atoms with E-state index in [-0.39, 0.29) is 12.5 Å². The van der Waals surface area contributed by atoms with Crippen molar-refractivity contribution in [1.29, 1.82) is 0 Å². The Labute approximate surface area is 64.4 Å². The number of hydrogen-bond donors (Lipinski definition) is 1. The molecule has 3 nitrogen and oxygen atoms in total. The van der Waals surface area contributed by atoms with Crippen LogP contribution < -0.4 is 0 Å². The van der Waals surface area contributed by atoms with Gasteiger partial charge in [0.25, 0.3) is 0 Å². The molecule has 4 heteroatoms. The topological polar surface area (TPSA) is 40.5 Å². The summed E-state index contributed by atoms with van der Waals surface area (Å²) in [6.07, 6.45) is 0. The molecular formula is C6H11NO2S. The number of aliphatic hydroxyl groups is 1. The van der Waals surface area contributed by atoms with Crippen LogP contribution in [0.15, 0.2) is 0 Å². The number of β-amino-alcohol motifs (C(OH)–C–C–N with tert-alkyl or cyclic N) is 1. The molecule has 1 rings (SSSR count). The Hall–Kier alpha value is -0.220. The number of nitrogens with zero attached hydrogens (tertiary/aromatic N) is 1. The van der Waals surface area contributed by atoms with Gasteiger partial charge in [0.1, 0.15) is 0 Å². The molecule has 0 spiro atoms. The van der Waals surface area contributed by atoms with Gasteiger partial charge in [0.05, 0.1) is 12.4 Å². The lowest BCUT2D eigenvalue weighted by Crippen LogP contribution is -2.39. The highest BCUT2D eigenvalue weighted by atomic mass is 32.2. The zero-order chi connectivity index (χ0) is 7.40. The van der Waals surface area contributed by atoms with E-state index in [9.17, 15) is 4.79 Å². The predicted octanol–water partition coefficient (Wildman–Crippen LogP) is -0.446. The second-order valence-corrected chi connectivity index (χ2v) is 3.26. The number of rotatable bonds is 2. The third-order valence-electron chi connectivity index (χ3n) is 1.45. The maximum atomic E-state index is 11.0. The molecule has 1 fully saturated rings. The van der Waals surface area contributed by atoms with Gasteiger partial charge in [0.2, 0.25) is 5.91 Å². The van der Waals surface area contributed by atoms with Crippen molar-refractivity contribution in [3.8, 4) is 0 Å². The highest BCUT2D eigenvalue weighted by molar-refractivity contribution is 8.00. The second-order valence-electron chi connectivity index (χ2n) is 2.16. The van der Waals surface area contributed by atoms with Gasteiger partial charge < -0.3 is 10.0 Å². The molecule has 0 bridgehead atoms. The molecule has 0 aromatic rings. The van der Waals surface area contributed by atoms with Crippen molar-refractivity contribution in [2.24, 2.45) is 0 Å². The van der Waals surface area contributed by atoms with Crippen molar-refractivity contribution >= 4 is 17.7 Å². The first-order valence-corrected chi connectivity index (χ1v) is 4.46. The molecule has 0 unspecified atom stereocenters. The minimum absolute atomic E-state index is 0.0798. The van der Waals surface area contributed by atoms with Gasteiger partial charge in [-0.25, -0.2) is 0 Å². The summed E-state index contributed by atoms with van der Waals surface area (Å²) in [4.78, 5) is 12.7. The lowest BCUT2D eigenvalue weighted by atomic mass is 10.4. The molecular weight excluding hydrogens is 150 g/mol. The van der Waals surface area contributed by atoms with E-state index < -0.39 is 0 Å². The monoisotopic (exact) mass is 161 g/mol. The van der Waals surface area contributed by atoms with Crippen LogP contribution in [-0.4, -0.2) is 47.1 Å². The van der Waals surface area contributed by atoms with Crippen LogP contribution in [0.25, 0.3) is 0 Å². The number of aliphatic hydroxyl groups excluding tert-OH is 1. The number of carbonyl (C=O) groups is 1. The molecule has 0 atom stereocenters. The molecule has 1 aliphatic heterocycles. The van der Waals surface area contributed by atoms with Crippen molar-refractivity contribution in [2.45, 2.75) is 0 Å². The summed E-state index contributed by atoms with van der Waals surface area (Å²) < 4.78 is 0. The number of thioether (sulfide) groups is 1. The van der Waals surface area contributed by atoms with Gasteiger partial charge >= 0.3 is 0 Å². The van der Waals surface area contributed by atoms with E-state index in [0.717, 1.165) is 12.3 Å². The van der Waals surface area contributed by atoms with E-state index in [1.165, 1.54) is 0 Å². The largest absolute Gasteiger partial charge is 0.395 e. The average Bonchev–Trinajstić information content (AvgIpc) is 1.94. The molecule has 1 saturated heterocycles. The summed E-state index contributed by atoms with van der Waals surface area (Å²) in [6.45, 7) is 1.37. The smallest absolute Gasteiger partial charge is 0.232 e. The molecule has 0 aromatic carbocycles. The Bertz CT molecular complexity index is 127. The minimum Gasteiger partial charge on any atom is -0.395 e. The molecule has 0 saturated carbocycles. The highest BCUT2D eigenvalue weighted by Crippen LogP contribution is 2.09. The number of hydrogen-bond acceptors (Lipinski definition) is 3. The number of carbonyl (C=O) groups excluding carboxylic acids is 1. The van der Waals surface area contributed by atoms with Crippen molar-refractivity contribution in [3.05, 3.63) is 0 Å². The second kappa shape index (κ2) is 3.83. The molecule has 58 valence electrons. The third kappa shape index (κ3) is 1.88. The summed E-state index contributed by atoms with van der Waals surface area (Å²) in [6, 6.07) is 0. The van der Waals surface area contributed by atoms with Gasteiger partial charge in [-0.3, -0.25) is 4.79 Å². The first-order valence-electron chi connectivity index (χ1n) is 3.31. The lowest BCUT2D eigenvalue weighted by molar-refractivity contribution is -0.128. The van der Waals surface area contributed by atoms with Crippen LogP contribution in [0.5, 0.6) is 0 Å². The SMILES string of the molecule is O=C1CSCCN1CCO. The van der Waals surface area contributed by atoms with Crippen molar-refractivity contribution in [3.63, 3.8) is 0 Å². The summed E-state index contributed by atoms with van der Waals surface area (Å²) in [5.74, 6) is 1.75. The molecule has 10 heavy (non-hydrogen) atoms. The van der Waals surface area contributed by atoms with Gasteiger partial charge in [-0.05, 0) is 0 Å². The van der Waals surface area contributed by atoms with E-state index in [0.29, 0.717) is 12.3 Å². The van der Waals surface area contributed by atoms with E-state index >= 15 is 0 Å². The molecule has 0 radical (unpaired) electrons. The van der Waals surface area contributed by atoms with Gasteiger partial charge in [0, 0.05) is 18.8 Å². The average molecular weight is 161 g/mol. The Morgan fingerprint density at radius 2 is 2.50 bits per heavy atom. The van der Waals surface area contributed by atoms with Crippen molar-refractivity contribution < 1.29 is 9.90 Å². The van der Waals surface area contributed by atoms with Crippen LogP contribution in [0, 0.1) is 0 Å². The highest BCUT2D eigenvalue weighted by Gasteiger charge is 2.16. The molecule has 1 N–H and O–H groups in total. The zero-order valence-corrected chi connectivity index (χ0v) is 6.56. The lowest BCUT2D eigenvalue weighted by Gasteiger charge is -2.25. The molecule has 1 aliphatic rings. The van der Waals surface area contributed by atoms with Gasteiger partial charge in [0.15, 0.2) is 0 Å². The molecule has 1 amide bonds. The summed E-state index contributed by atoms with van der Waals surface area (Å²) in [7, 11) is 0. The fraction of sp³-hybridized carbons (Fsp3) is 0.833. The van der Waals surface area contributed by atoms with E-state index in [4.69, 9.17) is 5.11 Å². The quantitative estimate of drug-likeness (QED) is 0.596. The summed E-state index contributed by atoms with van der Waals surface area (Å²) >= 11 is 1.66. The van der Waals surface area contributed by atoms with Crippen LogP contribution in [-0.2, 0) is 4.79 Å².